The minimum absolute atomic E-state index is 0.0372. The van der Waals surface area contributed by atoms with Crippen LogP contribution in [0.15, 0.2) is 48.8 Å². The number of rotatable bonds is 2. The van der Waals surface area contributed by atoms with Crippen LogP contribution in [0.3, 0.4) is 0 Å². The Balaban J connectivity index is 2.02. The zero-order valence-electron chi connectivity index (χ0n) is 21.5. The fourth-order valence-electron chi connectivity index (χ4n) is 3.52. The standard InChI is InChI=1S/C24H28N3/c1-16-11-22-20(25-23-9-7-8-10-27(22)23)13-19(16)21-12-18(14-24(3,4)5)17(2)15-26(21)6/h7-13,15H,14H2,1-6H3/q+1/i2D3,14D2. The van der Waals surface area contributed by atoms with Crippen molar-refractivity contribution in [1.82, 2.24) is 9.38 Å². The number of aromatic nitrogens is 3. The highest BCUT2D eigenvalue weighted by Crippen LogP contribution is 2.30. The van der Waals surface area contributed by atoms with Gasteiger partial charge in [-0.25, -0.2) is 9.55 Å². The van der Waals surface area contributed by atoms with Crippen molar-refractivity contribution >= 4 is 16.7 Å². The van der Waals surface area contributed by atoms with Crippen molar-refractivity contribution in [3.05, 3.63) is 65.5 Å². The maximum Gasteiger partial charge on any atom is 0.212 e. The van der Waals surface area contributed by atoms with E-state index in [1.54, 1.807) is 44.6 Å². The van der Waals surface area contributed by atoms with E-state index in [0.717, 1.165) is 33.5 Å². The third kappa shape index (κ3) is 3.23. The lowest BCUT2D eigenvalue weighted by Crippen LogP contribution is -2.32. The summed E-state index contributed by atoms with van der Waals surface area (Å²) in [7, 11) is 1.80. The van der Waals surface area contributed by atoms with Gasteiger partial charge in [0.05, 0.1) is 16.6 Å². The van der Waals surface area contributed by atoms with Crippen molar-refractivity contribution < 1.29 is 11.4 Å². The second-order valence-corrected chi connectivity index (χ2v) is 8.17. The molecule has 4 rings (SSSR count). The fraction of sp³-hybridized carbons (Fsp3) is 0.333. The van der Waals surface area contributed by atoms with Crippen molar-refractivity contribution in [2.45, 2.75) is 40.9 Å². The molecular formula is C24H28N3+. The van der Waals surface area contributed by atoms with Crippen LogP contribution in [0, 0.1) is 19.2 Å². The molecule has 1 aromatic carbocycles. The van der Waals surface area contributed by atoms with E-state index in [2.05, 4.69) is 6.07 Å². The first-order valence-electron chi connectivity index (χ1n) is 11.6. The number of fused-ring (bicyclic) bond motifs is 3. The number of benzene rings is 1. The van der Waals surface area contributed by atoms with E-state index in [-0.39, 0.29) is 11.1 Å². The second-order valence-electron chi connectivity index (χ2n) is 8.17. The van der Waals surface area contributed by atoms with Crippen LogP contribution < -0.4 is 4.57 Å². The third-order valence-electron chi connectivity index (χ3n) is 4.71. The predicted octanol–water partition coefficient (Wildman–Crippen LogP) is 5.18. The summed E-state index contributed by atoms with van der Waals surface area (Å²) in [5.41, 5.74) is 4.77. The first-order valence-corrected chi connectivity index (χ1v) is 9.14. The summed E-state index contributed by atoms with van der Waals surface area (Å²) in [6, 6.07) is 11.6. The number of hydrogen-bond acceptors (Lipinski definition) is 1. The molecule has 0 aliphatic heterocycles. The van der Waals surface area contributed by atoms with Crippen LogP contribution in [-0.2, 0) is 13.4 Å². The van der Waals surface area contributed by atoms with E-state index < -0.39 is 18.6 Å². The number of imidazole rings is 1. The Morgan fingerprint density at radius 1 is 1.19 bits per heavy atom. The van der Waals surface area contributed by atoms with Crippen LogP contribution in [0.4, 0.5) is 0 Å². The Bertz CT molecular complexity index is 1340. The summed E-state index contributed by atoms with van der Waals surface area (Å²) in [6.07, 6.45) is 1.68. The molecule has 0 bridgehead atoms. The van der Waals surface area contributed by atoms with Crippen molar-refractivity contribution in [3.8, 4) is 11.3 Å². The minimum atomic E-state index is -2.43. The van der Waals surface area contributed by atoms with Gasteiger partial charge in [-0.05, 0) is 61.0 Å². The molecule has 0 aliphatic rings. The van der Waals surface area contributed by atoms with Gasteiger partial charge in [-0.1, -0.05) is 26.8 Å². The number of nitrogens with zero attached hydrogens (tertiary/aromatic N) is 3. The van der Waals surface area contributed by atoms with Crippen LogP contribution >= 0.6 is 0 Å². The molecule has 0 N–H and O–H groups in total. The van der Waals surface area contributed by atoms with Crippen molar-refractivity contribution in [2.24, 2.45) is 12.5 Å². The maximum atomic E-state index is 8.82. The maximum absolute atomic E-state index is 8.82. The fourth-order valence-corrected chi connectivity index (χ4v) is 3.52. The molecule has 3 nitrogen and oxygen atoms in total. The molecule has 0 saturated carbocycles. The van der Waals surface area contributed by atoms with Crippen LogP contribution in [0.2, 0.25) is 0 Å². The van der Waals surface area contributed by atoms with Crippen LogP contribution in [-0.4, -0.2) is 9.38 Å². The summed E-state index contributed by atoms with van der Waals surface area (Å²) < 4.78 is 45.5. The first kappa shape index (κ1) is 12.7. The number of aryl methyl sites for hydroxylation is 3. The highest BCUT2D eigenvalue weighted by molar-refractivity contribution is 5.86. The Kier molecular flexibility index (Phi) is 2.90. The summed E-state index contributed by atoms with van der Waals surface area (Å²) in [5.74, 6) is 0. The minimum Gasteiger partial charge on any atom is -0.300 e. The molecule has 0 unspecified atom stereocenters. The molecule has 3 heterocycles. The highest BCUT2D eigenvalue weighted by Gasteiger charge is 2.20. The van der Waals surface area contributed by atoms with Crippen molar-refractivity contribution in [2.75, 3.05) is 0 Å². The molecule has 0 saturated heterocycles. The highest BCUT2D eigenvalue weighted by atomic mass is 15.0. The van der Waals surface area contributed by atoms with Gasteiger partial charge >= 0.3 is 0 Å². The molecule has 0 amide bonds. The van der Waals surface area contributed by atoms with Gasteiger partial charge in [0.15, 0.2) is 6.20 Å². The largest absolute Gasteiger partial charge is 0.300 e. The smallest absolute Gasteiger partial charge is 0.212 e. The van der Waals surface area contributed by atoms with Gasteiger partial charge in [-0.15, -0.1) is 0 Å². The normalized spacial score (nSPS) is 16.0. The Morgan fingerprint density at radius 3 is 2.74 bits per heavy atom. The lowest BCUT2D eigenvalue weighted by Gasteiger charge is -2.19. The molecule has 138 valence electrons. The number of pyridine rings is 2. The predicted molar refractivity (Wildman–Crippen MR) is 112 cm³/mol. The van der Waals surface area contributed by atoms with E-state index in [4.69, 9.17) is 11.8 Å². The zero-order valence-corrected chi connectivity index (χ0v) is 16.5. The molecule has 0 fully saturated rings. The SMILES string of the molecule is [2H]C([2H])([2H])c1c[n+](C)c(-c2cc3nc4ccccn4c3cc2C)cc1C([2H])([2H])C(C)(C)C. The summed E-state index contributed by atoms with van der Waals surface area (Å²) in [5, 5.41) is 0. The summed E-state index contributed by atoms with van der Waals surface area (Å²) in [6.45, 7) is 4.95. The molecular weight excluding hydrogens is 330 g/mol. The average molecular weight is 364 g/mol. The Hall–Kier alpha value is -2.68. The van der Waals surface area contributed by atoms with Crippen LogP contribution in [0.5, 0.6) is 0 Å². The lowest BCUT2D eigenvalue weighted by atomic mass is 9.86. The number of hydrogen-bond donors (Lipinski definition) is 0. The van der Waals surface area contributed by atoms with Crippen LogP contribution in [0.1, 0.15) is 44.3 Å². The molecule has 0 radical (unpaired) electrons. The van der Waals surface area contributed by atoms with Crippen molar-refractivity contribution in [1.29, 1.82) is 0 Å². The van der Waals surface area contributed by atoms with Gasteiger partial charge in [0.2, 0.25) is 5.69 Å². The quantitative estimate of drug-likeness (QED) is 0.449. The van der Waals surface area contributed by atoms with E-state index in [0.29, 0.717) is 0 Å². The summed E-state index contributed by atoms with van der Waals surface area (Å²) in [4.78, 5) is 4.73. The summed E-state index contributed by atoms with van der Waals surface area (Å²) >= 11 is 0. The molecule has 3 aromatic heterocycles. The van der Waals surface area contributed by atoms with E-state index in [9.17, 15) is 0 Å². The first-order chi connectivity index (χ1) is 14.7. The molecule has 0 aliphatic carbocycles. The lowest BCUT2D eigenvalue weighted by molar-refractivity contribution is -0.660. The van der Waals surface area contributed by atoms with Crippen LogP contribution in [0.25, 0.3) is 27.9 Å². The Morgan fingerprint density at radius 2 is 2.00 bits per heavy atom. The van der Waals surface area contributed by atoms with Crippen molar-refractivity contribution in [3.63, 3.8) is 0 Å². The molecule has 3 heteroatoms. The molecule has 4 aromatic rings. The Labute approximate surface area is 168 Å². The zero-order chi connectivity index (χ0) is 23.6. The van der Waals surface area contributed by atoms with Gasteiger partial charge in [-0.2, -0.15) is 0 Å². The van der Waals surface area contributed by atoms with Gasteiger partial charge < -0.3 is 0 Å². The third-order valence-corrected chi connectivity index (χ3v) is 4.71. The van der Waals surface area contributed by atoms with E-state index >= 15 is 0 Å². The van der Waals surface area contributed by atoms with Gasteiger partial charge in [0, 0.05) is 24.7 Å². The van der Waals surface area contributed by atoms with E-state index in [1.807, 2.05) is 41.8 Å². The topological polar surface area (TPSA) is 21.2 Å². The molecule has 0 atom stereocenters. The van der Waals surface area contributed by atoms with Gasteiger partial charge in [0.1, 0.15) is 12.7 Å². The monoisotopic (exact) mass is 363 g/mol. The second kappa shape index (κ2) is 6.19. The molecule has 0 spiro atoms. The van der Waals surface area contributed by atoms with E-state index in [1.165, 1.54) is 0 Å². The average Bonchev–Trinajstić information content (AvgIpc) is 3.03. The van der Waals surface area contributed by atoms with Gasteiger partial charge in [0.25, 0.3) is 0 Å². The van der Waals surface area contributed by atoms with Gasteiger partial charge in [-0.3, -0.25) is 4.40 Å². The molecule has 27 heavy (non-hydrogen) atoms.